The number of nitrogens with one attached hydrogen (secondary N) is 1. The van der Waals surface area contributed by atoms with Gasteiger partial charge in [0.1, 0.15) is 0 Å². The van der Waals surface area contributed by atoms with Gasteiger partial charge in [-0.1, -0.05) is 11.2 Å². The van der Waals surface area contributed by atoms with Crippen LogP contribution in [0, 0.1) is 5.92 Å². The molecule has 0 aliphatic heterocycles. The second kappa shape index (κ2) is 8.03. The second-order valence-electron chi connectivity index (χ2n) is 6.52. The predicted molar refractivity (Wildman–Crippen MR) is 94.6 cm³/mol. The largest absolute Gasteiger partial charge is 0.477 e. The number of aromatic nitrogens is 3. The maximum atomic E-state index is 12.0. The summed E-state index contributed by atoms with van der Waals surface area (Å²) in [5, 5.41) is 6.69. The van der Waals surface area contributed by atoms with E-state index in [-0.39, 0.29) is 12.3 Å². The minimum atomic E-state index is -0.0955. The molecule has 3 aromatic rings. The zero-order valence-corrected chi connectivity index (χ0v) is 14.8. The molecular weight excluding hydrogens is 348 g/mol. The molecule has 3 heterocycles. The number of hydrogen-bond donors (Lipinski definition) is 1. The highest BCUT2D eigenvalue weighted by molar-refractivity contribution is 5.76. The molecule has 0 bridgehead atoms. The van der Waals surface area contributed by atoms with Gasteiger partial charge in [0.25, 0.3) is 0 Å². The Hall–Kier alpha value is -3.16. The molecule has 0 aromatic carbocycles. The van der Waals surface area contributed by atoms with Gasteiger partial charge in [-0.3, -0.25) is 4.79 Å². The fourth-order valence-corrected chi connectivity index (χ4v) is 2.46. The van der Waals surface area contributed by atoms with E-state index in [0.717, 1.165) is 12.2 Å². The lowest BCUT2D eigenvalue weighted by Crippen LogP contribution is -2.23. The first-order valence-corrected chi connectivity index (χ1v) is 8.97. The van der Waals surface area contributed by atoms with Gasteiger partial charge in [-0.05, 0) is 36.5 Å². The third kappa shape index (κ3) is 4.93. The number of pyridine rings is 1. The van der Waals surface area contributed by atoms with Crippen molar-refractivity contribution in [2.75, 3.05) is 6.61 Å². The van der Waals surface area contributed by atoms with Gasteiger partial charge in [0, 0.05) is 31.6 Å². The first-order valence-electron chi connectivity index (χ1n) is 8.97. The lowest BCUT2D eigenvalue weighted by Gasteiger charge is -2.06. The van der Waals surface area contributed by atoms with E-state index in [1.807, 2.05) is 12.1 Å². The third-order valence-corrected chi connectivity index (χ3v) is 4.23. The Bertz CT molecular complexity index is 870. The molecule has 1 aliphatic rings. The molecule has 1 N–H and O–H groups in total. The normalized spacial score (nSPS) is 13.5. The summed E-state index contributed by atoms with van der Waals surface area (Å²) < 4.78 is 15.9. The molecule has 1 aliphatic carbocycles. The van der Waals surface area contributed by atoms with E-state index in [9.17, 15) is 4.79 Å². The molecule has 8 nitrogen and oxygen atoms in total. The average molecular weight is 368 g/mol. The first-order chi connectivity index (χ1) is 13.3. The van der Waals surface area contributed by atoms with Gasteiger partial charge in [-0.25, -0.2) is 4.98 Å². The van der Waals surface area contributed by atoms with Gasteiger partial charge >= 0.3 is 0 Å². The topological polar surface area (TPSA) is 103 Å². The summed E-state index contributed by atoms with van der Waals surface area (Å²) in [5.41, 5.74) is 0.917. The SMILES string of the molecule is O=C(CCc1nc(-c2ccco2)no1)NCc1ccc(OCC2CC2)nc1. The average Bonchev–Trinajstić information content (AvgIpc) is 3.16. The first kappa shape index (κ1) is 17.3. The minimum Gasteiger partial charge on any atom is -0.477 e. The van der Waals surface area contributed by atoms with Gasteiger partial charge < -0.3 is 19.0 Å². The summed E-state index contributed by atoms with van der Waals surface area (Å²) in [6, 6.07) is 7.23. The Morgan fingerprint density at radius 2 is 2.22 bits per heavy atom. The van der Waals surface area contributed by atoms with E-state index in [4.69, 9.17) is 13.7 Å². The molecule has 0 saturated heterocycles. The standard InChI is InChI=1S/C19H20N4O4/c24-16(6-8-18-22-19(23-27-18)15-2-1-9-25-15)20-10-14-5-7-17(21-11-14)26-12-13-3-4-13/h1-2,5,7,9,11,13H,3-4,6,8,10,12H2,(H,20,24). The smallest absolute Gasteiger partial charge is 0.238 e. The number of aryl methyl sites for hydroxylation is 1. The lowest BCUT2D eigenvalue weighted by molar-refractivity contribution is -0.121. The second-order valence-corrected chi connectivity index (χ2v) is 6.52. The van der Waals surface area contributed by atoms with Crippen molar-refractivity contribution in [1.82, 2.24) is 20.4 Å². The fourth-order valence-electron chi connectivity index (χ4n) is 2.46. The summed E-state index contributed by atoms with van der Waals surface area (Å²) in [7, 11) is 0. The molecule has 27 heavy (non-hydrogen) atoms. The number of rotatable bonds is 9. The van der Waals surface area contributed by atoms with Crippen molar-refractivity contribution in [2.45, 2.75) is 32.2 Å². The van der Waals surface area contributed by atoms with Gasteiger partial charge in [-0.15, -0.1) is 0 Å². The third-order valence-electron chi connectivity index (χ3n) is 4.23. The Morgan fingerprint density at radius 3 is 2.96 bits per heavy atom. The molecule has 0 spiro atoms. The highest BCUT2D eigenvalue weighted by atomic mass is 16.5. The van der Waals surface area contributed by atoms with Gasteiger partial charge in [-0.2, -0.15) is 4.98 Å². The number of furan rings is 1. The summed E-state index contributed by atoms with van der Waals surface area (Å²) in [6.07, 6.45) is 6.38. The van der Waals surface area contributed by atoms with Crippen LogP contribution in [0.5, 0.6) is 5.88 Å². The van der Waals surface area contributed by atoms with Crippen LogP contribution in [0.3, 0.4) is 0 Å². The van der Waals surface area contributed by atoms with Crippen LogP contribution in [-0.4, -0.2) is 27.6 Å². The van der Waals surface area contributed by atoms with E-state index in [2.05, 4.69) is 20.4 Å². The fraction of sp³-hybridized carbons (Fsp3) is 0.368. The number of carbonyl (C=O) groups is 1. The van der Waals surface area contributed by atoms with Crippen LogP contribution >= 0.6 is 0 Å². The lowest BCUT2D eigenvalue weighted by atomic mass is 10.2. The molecule has 3 aromatic heterocycles. The molecule has 0 unspecified atom stereocenters. The summed E-state index contributed by atoms with van der Waals surface area (Å²) >= 11 is 0. The highest BCUT2D eigenvalue weighted by Crippen LogP contribution is 2.29. The number of hydrogen-bond acceptors (Lipinski definition) is 7. The highest BCUT2D eigenvalue weighted by Gasteiger charge is 2.22. The van der Waals surface area contributed by atoms with Crippen LogP contribution in [0.1, 0.15) is 30.7 Å². The predicted octanol–water partition coefficient (Wildman–Crippen LogP) is 2.76. The Balaban J connectivity index is 1.19. The van der Waals surface area contributed by atoms with Crippen LogP contribution < -0.4 is 10.1 Å². The summed E-state index contributed by atoms with van der Waals surface area (Å²) in [6.45, 7) is 1.15. The Morgan fingerprint density at radius 1 is 1.30 bits per heavy atom. The van der Waals surface area contributed by atoms with E-state index in [1.54, 1.807) is 24.6 Å². The van der Waals surface area contributed by atoms with E-state index in [0.29, 0.717) is 42.2 Å². The quantitative estimate of drug-likeness (QED) is 0.619. The summed E-state index contributed by atoms with van der Waals surface area (Å²) in [5.74, 6) is 2.54. The van der Waals surface area contributed by atoms with Crippen LogP contribution in [0.2, 0.25) is 0 Å². The van der Waals surface area contributed by atoms with Gasteiger partial charge in [0.05, 0.1) is 12.9 Å². The van der Waals surface area contributed by atoms with Crippen molar-refractivity contribution in [3.63, 3.8) is 0 Å². The van der Waals surface area contributed by atoms with Gasteiger partial charge in [0.2, 0.25) is 23.5 Å². The van der Waals surface area contributed by atoms with Crippen LogP contribution in [0.15, 0.2) is 45.7 Å². The van der Waals surface area contributed by atoms with Crippen LogP contribution in [-0.2, 0) is 17.8 Å². The molecule has 1 saturated carbocycles. The Labute approximate surface area is 155 Å². The zero-order chi connectivity index (χ0) is 18.5. The molecule has 1 amide bonds. The van der Waals surface area contributed by atoms with E-state index < -0.39 is 0 Å². The van der Waals surface area contributed by atoms with Crippen molar-refractivity contribution in [3.8, 4) is 17.5 Å². The zero-order valence-electron chi connectivity index (χ0n) is 14.8. The molecule has 1 fully saturated rings. The van der Waals surface area contributed by atoms with Crippen molar-refractivity contribution in [2.24, 2.45) is 5.92 Å². The van der Waals surface area contributed by atoms with Crippen molar-refractivity contribution in [3.05, 3.63) is 48.2 Å². The minimum absolute atomic E-state index is 0.0955. The molecule has 8 heteroatoms. The molecule has 0 radical (unpaired) electrons. The maximum absolute atomic E-state index is 12.0. The van der Waals surface area contributed by atoms with E-state index in [1.165, 1.54) is 12.8 Å². The molecule has 140 valence electrons. The van der Waals surface area contributed by atoms with Crippen LogP contribution in [0.4, 0.5) is 0 Å². The van der Waals surface area contributed by atoms with Crippen molar-refractivity contribution < 1.29 is 18.5 Å². The molecule has 0 atom stereocenters. The van der Waals surface area contributed by atoms with Crippen molar-refractivity contribution in [1.29, 1.82) is 0 Å². The van der Waals surface area contributed by atoms with E-state index >= 15 is 0 Å². The maximum Gasteiger partial charge on any atom is 0.238 e. The number of ether oxygens (including phenoxy) is 1. The number of carbonyl (C=O) groups excluding carboxylic acids is 1. The van der Waals surface area contributed by atoms with Gasteiger partial charge in [0.15, 0.2) is 5.76 Å². The van der Waals surface area contributed by atoms with Crippen LogP contribution in [0.25, 0.3) is 11.6 Å². The number of amides is 1. The molecular formula is C19H20N4O4. The number of nitrogens with zero attached hydrogens (tertiary/aromatic N) is 3. The Kier molecular flexibility index (Phi) is 5.13. The van der Waals surface area contributed by atoms with Crippen molar-refractivity contribution >= 4 is 5.91 Å². The monoisotopic (exact) mass is 368 g/mol. The summed E-state index contributed by atoms with van der Waals surface area (Å²) in [4.78, 5) is 20.5. The molecule has 4 rings (SSSR count).